The van der Waals surface area contributed by atoms with Crippen LogP contribution in [-0.4, -0.2) is 105 Å². The Morgan fingerprint density at radius 3 is 2.18 bits per heavy atom. The van der Waals surface area contributed by atoms with Crippen LogP contribution in [0.15, 0.2) is 5.18 Å². The summed E-state index contributed by atoms with van der Waals surface area (Å²) in [5.41, 5.74) is 0.650. The number of aliphatic hydroxyl groups is 3. The van der Waals surface area contributed by atoms with Crippen LogP contribution in [0, 0.1) is 45.8 Å². The average Bonchev–Trinajstić information content (AvgIpc) is 3.07. The van der Waals surface area contributed by atoms with E-state index >= 15 is 0 Å². The second-order valence-electron chi connectivity index (χ2n) is 16.7. The average molecular weight is 713 g/mol. The van der Waals surface area contributed by atoms with Crippen LogP contribution < -0.4 is 10.6 Å². The molecule has 0 aromatic carbocycles. The van der Waals surface area contributed by atoms with Gasteiger partial charge in [0.05, 0.1) is 19.3 Å². The summed E-state index contributed by atoms with van der Waals surface area (Å²) in [7, 11) is 7.35. The number of hydrogen-bond acceptors (Lipinski definition) is 9. The first kappa shape index (κ1) is 46.9. The monoisotopic (exact) mass is 713 g/mol. The fourth-order valence-corrected chi connectivity index (χ4v) is 9.32. The SMILES string of the molecule is CC1CCCC(C)(C)C1.CCO.CN=O.COC1C(CNCCCO)CCCC1C1CC(C(=O)NCCC2CCCCC2O)CC(N(C)C)C1. The molecule has 0 aliphatic heterocycles. The van der Waals surface area contributed by atoms with E-state index in [-0.39, 0.29) is 37.2 Å². The molecule has 0 saturated heterocycles. The summed E-state index contributed by atoms with van der Waals surface area (Å²) in [6.45, 7) is 11.8. The highest BCUT2D eigenvalue weighted by Crippen LogP contribution is 2.44. The van der Waals surface area contributed by atoms with Crippen LogP contribution in [0.1, 0.15) is 130 Å². The van der Waals surface area contributed by atoms with Gasteiger partial charge in [-0.2, -0.15) is 4.91 Å². The minimum atomic E-state index is -0.193. The predicted octanol–water partition coefficient (Wildman–Crippen LogP) is 6.40. The van der Waals surface area contributed by atoms with E-state index in [1.165, 1.54) is 58.4 Å². The lowest BCUT2D eigenvalue weighted by Crippen LogP contribution is -2.49. The molecule has 4 saturated carbocycles. The quantitative estimate of drug-likeness (QED) is 0.116. The molecule has 0 spiro atoms. The first-order valence-electron chi connectivity index (χ1n) is 20.2. The van der Waals surface area contributed by atoms with E-state index < -0.39 is 0 Å². The van der Waals surface area contributed by atoms with Crippen molar-refractivity contribution in [3.8, 4) is 0 Å². The summed E-state index contributed by atoms with van der Waals surface area (Å²) >= 11 is 0. The highest BCUT2D eigenvalue weighted by Gasteiger charge is 2.43. The molecular weight excluding hydrogens is 632 g/mol. The molecule has 10 heteroatoms. The highest BCUT2D eigenvalue weighted by molar-refractivity contribution is 5.78. The number of rotatable bonds is 12. The van der Waals surface area contributed by atoms with E-state index in [2.05, 4.69) is 55.6 Å². The van der Waals surface area contributed by atoms with Gasteiger partial charge in [0.15, 0.2) is 0 Å². The number of nitroso groups, excluding NO2 is 1. The van der Waals surface area contributed by atoms with Gasteiger partial charge in [-0.1, -0.05) is 58.1 Å². The summed E-state index contributed by atoms with van der Waals surface area (Å²) < 4.78 is 6.13. The minimum absolute atomic E-state index is 0.0537. The zero-order chi connectivity index (χ0) is 37.5. The van der Waals surface area contributed by atoms with Crippen molar-refractivity contribution >= 4 is 5.91 Å². The van der Waals surface area contributed by atoms with Crippen LogP contribution in [0.25, 0.3) is 0 Å². The van der Waals surface area contributed by atoms with Gasteiger partial charge in [-0.25, -0.2) is 0 Å². The third-order valence-electron chi connectivity index (χ3n) is 11.7. The molecular formula is C40H80N4O6. The van der Waals surface area contributed by atoms with Gasteiger partial charge in [-0.15, -0.1) is 0 Å². The Bertz CT molecular complexity index is 877. The fraction of sp³-hybridized carbons (Fsp3) is 0.975. The molecule has 0 radical (unpaired) electrons. The zero-order valence-corrected chi connectivity index (χ0v) is 33.5. The van der Waals surface area contributed by atoms with Crippen molar-refractivity contribution in [1.82, 2.24) is 15.5 Å². The Morgan fingerprint density at radius 2 is 1.62 bits per heavy atom. The number of aliphatic hydroxyl groups excluding tert-OH is 3. The van der Waals surface area contributed by atoms with Gasteiger partial charge >= 0.3 is 0 Å². The Hall–Kier alpha value is -1.17. The zero-order valence-electron chi connectivity index (χ0n) is 33.5. The van der Waals surface area contributed by atoms with E-state index in [4.69, 9.17) is 19.9 Å². The molecule has 1 amide bonds. The van der Waals surface area contributed by atoms with Crippen LogP contribution in [0.4, 0.5) is 0 Å². The number of nitrogens with one attached hydrogen (secondary N) is 2. The first-order valence-corrected chi connectivity index (χ1v) is 20.2. The maximum atomic E-state index is 13.3. The lowest BCUT2D eigenvalue weighted by molar-refractivity contribution is -0.129. The summed E-state index contributed by atoms with van der Waals surface area (Å²) in [5, 5.41) is 35.9. The second-order valence-corrected chi connectivity index (χ2v) is 16.7. The standard InChI is InChI=1S/C28H53N3O4.C9H18.C2H6O.CH3NO/c1-31(2)24-17-22(25-10-6-9-21(27(25)35-3)19-29-13-7-15-32)16-23(18-24)28(34)30-14-12-20-8-4-5-11-26(20)33;1-8-5-4-6-9(2,3)7-8;2*1-2-3/h20-27,29,32-33H,4-19H2,1-3H3,(H,30,34);8H,4-7H2,1-3H3;3H,2H2,1H3;1H3. The summed E-state index contributed by atoms with van der Waals surface area (Å²) in [6, 6.07) is 0.422. The van der Waals surface area contributed by atoms with Crippen molar-refractivity contribution < 1.29 is 24.9 Å². The molecule has 9 unspecified atom stereocenters. The van der Waals surface area contributed by atoms with E-state index in [0.717, 1.165) is 70.4 Å². The fourth-order valence-electron chi connectivity index (χ4n) is 9.32. The number of methoxy groups -OCH3 is 1. The van der Waals surface area contributed by atoms with Gasteiger partial charge < -0.3 is 35.6 Å². The first-order chi connectivity index (χ1) is 23.9. The third-order valence-corrected chi connectivity index (χ3v) is 11.7. The summed E-state index contributed by atoms with van der Waals surface area (Å²) in [6.07, 6.45) is 18.4. The van der Waals surface area contributed by atoms with Crippen molar-refractivity contribution in [3.05, 3.63) is 4.91 Å². The van der Waals surface area contributed by atoms with Gasteiger partial charge in [-0.05, 0) is 133 Å². The van der Waals surface area contributed by atoms with Gasteiger partial charge in [0.1, 0.15) is 0 Å². The van der Waals surface area contributed by atoms with Gasteiger partial charge in [0.25, 0.3) is 0 Å². The van der Waals surface area contributed by atoms with Crippen molar-refractivity contribution in [2.45, 2.75) is 149 Å². The Morgan fingerprint density at radius 1 is 0.960 bits per heavy atom. The number of amides is 1. The van der Waals surface area contributed by atoms with Crippen LogP contribution in [0.5, 0.6) is 0 Å². The molecule has 4 rings (SSSR count). The largest absolute Gasteiger partial charge is 0.397 e. The van der Waals surface area contributed by atoms with Crippen molar-refractivity contribution in [2.24, 2.45) is 46.1 Å². The molecule has 10 nitrogen and oxygen atoms in total. The normalized spacial score (nSPS) is 32.2. The molecule has 0 aromatic rings. The minimum Gasteiger partial charge on any atom is -0.397 e. The third kappa shape index (κ3) is 18.0. The number of carbonyl (C=O) groups is 1. The molecule has 50 heavy (non-hydrogen) atoms. The number of carbonyl (C=O) groups excluding carboxylic acids is 1. The maximum absolute atomic E-state index is 13.3. The molecule has 5 N–H and O–H groups in total. The van der Waals surface area contributed by atoms with E-state index in [9.17, 15) is 9.90 Å². The maximum Gasteiger partial charge on any atom is 0.223 e. The number of hydrogen-bond donors (Lipinski definition) is 5. The lowest BCUT2D eigenvalue weighted by Gasteiger charge is -2.46. The van der Waals surface area contributed by atoms with Gasteiger partial charge in [0, 0.05) is 45.4 Å². The molecule has 0 heterocycles. The van der Waals surface area contributed by atoms with Crippen LogP contribution in [-0.2, 0) is 9.53 Å². The summed E-state index contributed by atoms with van der Waals surface area (Å²) in [5.74, 6) is 3.06. The summed E-state index contributed by atoms with van der Waals surface area (Å²) in [4.78, 5) is 24.1. The van der Waals surface area contributed by atoms with Crippen LogP contribution in [0.2, 0.25) is 0 Å². The van der Waals surface area contributed by atoms with Crippen molar-refractivity contribution in [1.29, 1.82) is 0 Å². The number of ether oxygens (including phenoxy) is 1. The molecule has 296 valence electrons. The Balaban J connectivity index is 0.000000693. The van der Waals surface area contributed by atoms with E-state index in [1.54, 1.807) is 6.92 Å². The van der Waals surface area contributed by atoms with Gasteiger partial charge in [0.2, 0.25) is 5.91 Å². The van der Waals surface area contributed by atoms with Crippen molar-refractivity contribution in [2.75, 3.05) is 61.1 Å². The Labute approximate surface area is 306 Å². The lowest BCUT2D eigenvalue weighted by atomic mass is 9.65. The van der Waals surface area contributed by atoms with E-state index in [0.29, 0.717) is 41.7 Å². The van der Waals surface area contributed by atoms with E-state index in [1.807, 2.05) is 7.11 Å². The second kappa shape index (κ2) is 26.6. The predicted molar refractivity (Wildman–Crippen MR) is 206 cm³/mol. The highest BCUT2D eigenvalue weighted by atomic mass is 16.5. The topological polar surface area (TPSA) is 144 Å². The van der Waals surface area contributed by atoms with Crippen LogP contribution in [0.3, 0.4) is 0 Å². The van der Waals surface area contributed by atoms with Crippen molar-refractivity contribution in [3.63, 3.8) is 0 Å². The number of nitrogens with zero attached hydrogens (tertiary/aromatic N) is 2. The molecule has 4 fully saturated rings. The molecule has 4 aliphatic carbocycles. The smallest absolute Gasteiger partial charge is 0.223 e. The molecule has 9 atom stereocenters. The molecule has 0 aromatic heterocycles. The molecule has 0 bridgehead atoms. The van der Waals surface area contributed by atoms with Gasteiger partial charge in [-0.3, -0.25) is 4.79 Å². The molecule has 4 aliphatic rings. The Kier molecular flexibility index (Phi) is 24.9. The van der Waals surface area contributed by atoms with Crippen LogP contribution >= 0.6 is 0 Å².